The molecule has 1 heterocycles. The van der Waals surface area contributed by atoms with Crippen molar-refractivity contribution < 1.29 is 9.59 Å². The molecule has 1 aliphatic rings. The SMILES string of the molecule is CSc1nc(C)c(CCC(=O)NNC(=O)C2CC2)c(C)n1. The number of nitrogens with zero attached hydrogens (tertiary/aromatic N) is 2. The van der Waals surface area contributed by atoms with Crippen LogP contribution in [0.15, 0.2) is 5.16 Å². The van der Waals surface area contributed by atoms with Crippen LogP contribution in [0, 0.1) is 19.8 Å². The number of rotatable bonds is 5. The highest BCUT2D eigenvalue weighted by molar-refractivity contribution is 7.98. The number of aromatic nitrogens is 2. The maximum atomic E-state index is 11.7. The molecule has 0 unspecified atom stereocenters. The Balaban J connectivity index is 1.84. The molecule has 0 saturated heterocycles. The Labute approximate surface area is 128 Å². The first kappa shape index (κ1) is 15.8. The summed E-state index contributed by atoms with van der Waals surface area (Å²) in [6.07, 6.45) is 4.63. The largest absolute Gasteiger partial charge is 0.273 e. The van der Waals surface area contributed by atoms with Crippen LogP contribution >= 0.6 is 11.8 Å². The van der Waals surface area contributed by atoms with Crippen molar-refractivity contribution in [3.63, 3.8) is 0 Å². The third-order valence-corrected chi connectivity index (χ3v) is 4.01. The van der Waals surface area contributed by atoms with E-state index in [0.29, 0.717) is 12.8 Å². The second kappa shape index (κ2) is 6.89. The van der Waals surface area contributed by atoms with Gasteiger partial charge in [0, 0.05) is 23.7 Å². The van der Waals surface area contributed by atoms with Crippen LogP contribution in [0.1, 0.15) is 36.2 Å². The molecule has 2 N–H and O–H groups in total. The van der Waals surface area contributed by atoms with Crippen molar-refractivity contribution in [2.24, 2.45) is 5.92 Å². The van der Waals surface area contributed by atoms with Crippen LogP contribution in [0.2, 0.25) is 0 Å². The van der Waals surface area contributed by atoms with Crippen molar-refractivity contribution >= 4 is 23.6 Å². The fourth-order valence-corrected chi connectivity index (χ4v) is 2.50. The minimum Gasteiger partial charge on any atom is -0.273 e. The molecule has 0 bridgehead atoms. The molecule has 1 aromatic heterocycles. The lowest BCUT2D eigenvalue weighted by molar-refractivity contribution is -0.129. The smallest absolute Gasteiger partial charge is 0.241 e. The first-order valence-electron chi connectivity index (χ1n) is 6.98. The number of nitrogens with one attached hydrogen (secondary N) is 2. The summed E-state index contributed by atoms with van der Waals surface area (Å²) in [6, 6.07) is 0. The molecular weight excluding hydrogens is 288 g/mol. The van der Waals surface area contributed by atoms with E-state index in [1.165, 1.54) is 11.8 Å². The second-order valence-electron chi connectivity index (χ2n) is 5.17. The number of hydrogen-bond acceptors (Lipinski definition) is 5. The van der Waals surface area contributed by atoms with E-state index in [0.717, 1.165) is 34.9 Å². The van der Waals surface area contributed by atoms with Crippen molar-refractivity contribution in [1.82, 2.24) is 20.8 Å². The Bertz CT molecular complexity index is 535. The average molecular weight is 308 g/mol. The standard InChI is InChI=1S/C14H20N4O2S/c1-8-11(9(2)16-14(15-8)21-3)6-7-12(19)17-18-13(20)10-4-5-10/h10H,4-7H2,1-3H3,(H,17,19)(H,18,20). The van der Waals surface area contributed by atoms with Gasteiger partial charge < -0.3 is 0 Å². The molecular formula is C14H20N4O2S. The van der Waals surface area contributed by atoms with E-state index in [9.17, 15) is 9.59 Å². The average Bonchev–Trinajstić information content (AvgIpc) is 3.28. The van der Waals surface area contributed by atoms with Crippen LogP contribution in [0.5, 0.6) is 0 Å². The molecule has 2 amide bonds. The molecule has 0 atom stereocenters. The topological polar surface area (TPSA) is 84.0 Å². The summed E-state index contributed by atoms with van der Waals surface area (Å²) in [7, 11) is 0. The number of thioether (sulfide) groups is 1. The third kappa shape index (κ3) is 4.42. The van der Waals surface area contributed by atoms with Crippen LogP contribution in [0.4, 0.5) is 0 Å². The molecule has 1 aliphatic carbocycles. The van der Waals surface area contributed by atoms with Crippen molar-refractivity contribution in [1.29, 1.82) is 0 Å². The first-order chi connectivity index (χ1) is 10.0. The third-order valence-electron chi connectivity index (χ3n) is 3.46. The van der Waals surface area contributed by atoms with Gasteiger partial charge in [-0.3, -0.25) is 20.4 Å². The summed E-state index contributed by atoms with van der Waals surface area (Å²) in [5, 5.41) is 0.745. The molecule has 0 aliphatic heterocycles. The van der Waals surface area contributed by atoms with E-state index < -0.39 is 0 Å². The Hall–Kier alpha value is -1.63. The lowest BCUT2D eigenvalue weighted by Crippen LogP contribution is -2.42. The highest BCUT2D eigenvalue weighted by atomic mass is 32.2. The monoisotopic (exact) mass is 308 g/mol. The van der Waals surface area contributed by atoms with Gasteiger partial charge in [-0.2, -0.15) is 0 Å². The van der Waals surface area contributed by atoms with Gasteiger partial charge in [0.05, 0.1) is 0 Å². The van der Waals surface area contributed by atoms with Gasteiger partial charge in [-0.1, -0.05) is 11.8 Å². The van der Waals surface area contributed by atoms with Crippen LogP contribution in [0.3, 0.4) is 0 Å². The molecule has 0 radical (unpaired) electrons. The van der Waals surface area contributed by atoms with Crippen molar-refractivity contribution in [2.75, 3.05) is 6.26 Å². The lowest BCUT2D eigenvalue weighted by Gasteiger charge is -2.10. The summed E-state index contributed by atoms with van der Waals surface area (Å²) in [5.41, 5.74) is 7.71. The van der Waals surface area contributed by atoms with E-state index in [1.54, 1.807) is 0 Å². The van der Waals surface area contributed by atoms with Gasteiger partial charge >= 0.3 is 0 Å². The number of carbonyl (C=O) groups excluding carboxylic acids is 2. The summed E-state index contributed by atoms with van der Waals surface area (Å²) in [5.74, 6) is -0.206. The van der Waals surface area contributed by atoms with E-state index in [4.69, 9.17) is 0 Å². The number of aryl methyl sites for hydroxylation is 2. The summed E-state index contributed by atoms with van der Waals surface area (Å²) < 4.78 is 0. The minimum absolute atomic E-state index is 0.0854. The number of hydrogen-bond donors (Lipinski definition) is 2. The first-order valence-corrected chi connectivity index (χ1v) is 8.20. The molecule has 2 rings (SSSR count). The zero-order valence-corrected chi connectivity index (χ0v) is 13.3. The van der Waals surface area contributed by atoms with Gasteiger partial charge in [-0.15, -0.1) is 0 Å². The fraction of sp³-hybridized carbons (Fsp3) is 0.571. The lowest BCUT2D eigenvalue weighted by atomic mass is 10.1. The van der Waals surface area contributed by atoms with Gasteiger partial charge in [0.2, 0.25) is 11.8 Å². The van der Waals surface area contributed by atoms with Gasteiger partial charge in [0.15, 0.2) is 5.16 Å². The summed E-state index contributed by atoms with van der Waals surface area (Å²) >= 11 is 1.50. The van der Waals surface area contributed by atoms with Gasteiger partial charge in [0.1, 0.15) is 0 Å². The predicted octanol–water partition coefficient (Wildman–Crippen LogP) is 1.31. The molecule has 1 aromatic rings. The van der Waals surface area contributed by atoms with E-state index in [-0.39, 0.29) is 17.7 Å². The zero-order valence-electron chi connectivity index (χ0n) is 12.5. The highest BCUT2D eigenvalue weighted by Crippen LogP contribution is 2.28. The van der Waals surface area contributed by atoms with Crippen LogP contribution in [-0.2, 0) is 16.0 Å². The predicted molar refractivity (Wildman–Crippen MR) is 80.6 cm³/mol. The Morgan fingerprint density at radius 2 is 1.81 bits per heavy atom. The van der Waals surface area contributed by atoms with Gasteiger partial charge in [-0.05, 0) is 44.9 Å². The summed E-state index contributed by atoms with van der Waals surface area (Å²) in [4.78, 5) is 31.9. The molecule has 1 fully saturated rings. The molecule has 0 spiro atoms. The fourth-order valence-electron chi connectivity index (χ4n) is 2.04. The van der Waals surface area contributed by atoms with E-state index in [1.807, 2.05) is 20.1 Å². The molecule has 0 aromatic carbocycles. The van der Waals surface area contributed by atoms with Crippen molar-refractivity contribution in [3.05, 3.63) is 17.0 Å². The maximum absolute atomic E-state index is 11.7. The van der Waals surface area contributed by atoms with E-state index >= 15 is 0 Å². The molecule has 1 saturated carbocycles. The summed E-state index contributed by atoms with van der Waals surface area (Å²) in [6.45, 7) is 3.85. The number of carbonyl (C=O) groups is 2. The maximum Gasteiger partial charge on any atom is 0.241 e. The quantitative estimate of drug-likeness (QED) is 0.487. The van der Waals surface area contributed by atoms with Crippen LogP contribution in [-0.4, -0.2) is 28.0 Å². The Kier molecular flexibility index (Phi) is 5.17. The van der Waals surface area contributed by atoms with E-state index in [2.05, 4.69) is 20.8 Å². The van der Waals surface area contributed by atoms with Crippen LogP contribution < -0.4 is 10.9 Å². The highest BCUT2D eigenvalue weighted by Gasteiger charge is 2.29. The molecule has 114 valence electrons. The number of hydrazine groups is 1. The Morgan fingerprint density at radius 1 is 1.19 bits per heavy atom. The zero-order chi connectivity index (χ0) is 15.4. The molecule has 6 nitrogen and oxygen atoms in total. The molecule has 7 heteroatoms. The van der Waals surface area contributed by atoms with Crippen molar-refractivity contribution in [2.45, 2.75) is 44.7 Å². The normalized spacial score (nSPS) is 13.9. The Morgan fingerprint density at radius 3 is 2.33 bits per heavy atom. The minimum atomic E-state index is -0.197. The second-order valence-corrected chi connectivity index (χ2v) is 5.94. The van der Waals surface area contributed by atoms with Crippen molar-refractivity contribution in [3.8, 4) is 0 Å². The van der Waals surface area contributed by atoms with Gasteiger partial charge in [-0.25, -0.2) is 9.97 Å². The number of amides is 2. The van der Waals surface area contributed by atoms with Crippen LogP contribution in [0.25, 0.3) is 0 Å². The van der Waals surface area contributed by atoms with Gasteiger partial charge in [0.25, 0.3) is 0 Å². The molecule has 21 heavy (non-hydrogen) atoms.